The summed E-state index contributed by atoms with van der Waals surface area (Å²) in [5.74, 6) is -0.984. The fourth-order valence-corrected chi connectivity index (χ4v) is 7.33. The Hall–Kier alpha value is -2.89. The zero-order valence-corrected chi connectivity index (χ0v) is 40.9. The van der Waals surface area contributed by atoms with Crippen LogP contribution in [0.4, 0.5) is 0 Å². The molecule has 0 saturated carbocycles. The number of ether oxygens (including phenoxy) is 3. The summed E-state index contributed by atoms with van der Waals surface area (Å²) >= 11 is 0. The summed E-state index contributed by atoms with van der Waals surface area (Å²) in [6.45, 7) is 6.46. The number of hydrogen-bond donors (Lipinski definition) is 0. The highest BCUT2D eigenvalue weighted by Gasteiger charge is 2.19. The standard InChI is InChI=1S/C56H98O6/c1-4-7-10-13-16-19-22-25-27-29-31-34-37-40-43-46-49-55(58)61-52-53(51-60-54(57)48-45-42-39-36-33-30-24-21-18-15-12-9-6-3)62-56(59)50-47-44-41-38-35-32-28-26-23-20-17-14-11-8-5-2/h9,12,18,21,26,28,30,33,39,42,53H,4-8,10-11,13-17,19-20,22-25,27,29,31-32,34-38,40-41,43-52H2,1-3H3/b12-9-,21-18-,28-26-,33-30-,42-39-. The van der Waals surface area contributed by atoms with E-state index in [1.54, 1.807) is 0 Å². The largest absolute Gasteiger partial charge is 0.462 e. The van der Waals surface area contributed by atoms with Crippen molar-refractivity contribution < 1.29 is 28.6 Å². The van der Waals surface area contributed by atoms with Gasteiger partial charge in [0.05, 0.1) is 0 Å². The van der Waals surface area contributed by atoms with E-state index in [9.17, 15) is 14.4 Å². The zero-order valence-electron chi connectivity index (χ0n) is 40.9. The Bertz CT molecular complexity index is 1130. The highest BCUT2D eigenvalue weighted by molar-refractivity contribution is 5.71. The van der Waals surface area contributed by atoms with E-state index in [1.165, 1.54) is 135 Å². The summed E-state index contributed by atoms with van der Waals surface area (Å²) in [5.41, 5.74) is 0. The maximum Gasteiger partial charge on any atom is 0.306 e. The Morgan fingerprint density at radius 2 is 0.661 bits per heavy atom. The molecule has 0 amide bonds. The van der Waals surface area contributed by atoms with Crippen LogP contribution in [0.1, 0.15) is 258 Å². The molecule has 0 aromatic carbocycles. The van der Waals surface area contributed by atoms with E-state index in [2.05, 4.69) is 75.5 Å². The molecule has 0 spiro atoms. The normalized spacial score (nSPS) is 12.5. The predicted octanol–water partition coefficient (Wildman–Crippen LogP) is 17.3. The lowest BCUT2D eigenvalue weighted by molar-refractivity contribution is -0.166. The lowest BCUT2D eigenvalue weighted by Gasteiger charge is -2.18. The van der Waals surface area contributed by atoms with Crippen molar-refractivity contribution in [1.29, 1.82) is 0 Å². The summed E-state index contributed by atoms with van der Waals surface area (Å²) in [5, 5.41) is 0. The highest BCUT2D eigenvalue weighted by atomic mass is 16.6. The summed E-state index contributed by atoms with van der Waals surface area (Å²) in [6, 6.07) is 0. The zero-order chi connectivity index (χ0) is 45.1. The molecule has 62 heavy (non-hydrogen) atoms. The molecule has 0 fully saturated rings. The van der Waals surface area contributed by atoms with E-state index in [1.807, 2.05) is 6.08 Å². The van der Waals surface area contributed by atoms with E-state index in [-0.39, 0.29) is 37.5 Å². The van der Waals surface area contributed by atoms with Crippen LogP contribution in [0.3, 0.4) is 0 Å². The number of unbranched alkanes of at least 4 members (excludes halogenated alkanes) is 26. The second-order valence-corrected chi connectivity index (χ2v) is 17.4. The molecule has 0 aliphatic rings. The van der Waals surface area contributed by atoms with Gasteiger partial charge in [-0.1, -0.05) is 229 Å². The van der Waals surface area contributed by atoms with Gasteiger partial charge in [-0.3, -0.25) is 14.4 Å². The minimum absolute atomic E-state index is 0.0973. The van der Waals surface area contributed by atoms with Gasteiger partial charge in [0, 0.05) is 19.3 Å². The third-order valence-corrected chi connectivity index (χ3v) is 11.3. The minimum Gasteiger partial charge on any atom is -0.462 e. The molecule has 358 valence electrons. The molecule has 0 saturated heterocycles. The van der Waals surface area contributed by atoms with E-state index >= 15 is 0 Å². The van der Waals surface area contributed by atoms with Crippen molar-refractivity contribution in [3.8, 4) is 0 Å². The molecule has 0 aliphatic heterocycles. The number of allylic oxidation sites excluding steroid dienone is 10. The lowest BCUT2D eigenvalue weighted by Crippen LogP contribution is -2.30. The maximum atomic E-state index is 12.8. The van der Waals surface area contributed by atoms with Crippen molar-refractivity contribution in [2.75, 3.05) is 13.2 Å². The van der Waals surface area contributed by atoms with Crippen LogP contribution in [0.5, 0.6) is 0 Å². The maximum absolute atomic E-state index is 12.8. The van der Waals surface area contributed by atoms with Gasteiger partial charge < -0.3 is 14.2 Å². The van der Waals surface area contributed by atoms with Gasteiger partial charge in [0.1, 0.15) is 13.2 Å². The molecular weight excluding hydrogens is 769 g/mol. The average Bonchev–Trinajstić information content (AvgIpc) is 3.27. The van der Waals surface area contributed by atoms with Crippen molar-refractivity contribution in [2.45, 2.75) is 264 Å². The topological polar surface area (TPSA) is 78.9 Å². The van der Waals surface area contributed by atoms with Gasteiger partial charge in [0.25, 0.3) is 0 Å². The Balaban J connectivity index is 4.44. The Morgan fingerprint density at radius 1 is 0.339 bits per heavy atom. The van der Waals surface area contributed by atoms with Crippen molar-refractivity contribution >= 4 is 17.9 Å². The average molecular weight is 867 g/mol. The van der Waals surface area contributed by atoms with Crippen molar-refractivity contribution in [1.82, 2.24) is 0 Å². The molecule has 6 heteroatoms. The SMILES string of the molecule is CC/C=C\C/C=C\C/C=C\C/C=C\CCC(=O)OCC(COC(=O)CCCCCCCCCCCCCCCCCC)OC(=O)CCCCCCC/C=C\CCCCCCCC. The van der Waals surface area contributed by atoms with Crippen LogP contribution >= 0.6 is 0 Å². The van der Waals surface area contributed by atoms with Crippen molar-refractivity contribution in [3.63, 3.8) is 0 Å². The molecule has 1 atom stereocenters. The van der Waals surface area contributed by atoms with Crippen molar-refractivity contribution in [3.05, 3.63) is 60.8 Å². The first-order valence-corrected chi connectivity index (χ1v) is 26.3. The number of hydrogen-bond acceptors (Lipinski definition) is 6. The first-order chi connectivity index (χ1) is 30.5. The van der Waals surface area contributed by atoms with Gasteiger partial charge in [-0.05, 0) is 70.6 Å². The van der Waals surface area contributed by atoms with Gasteiger partial charge in [0.15, 0.2) is 6.10 Å². The van der Waals surface area contributed by atoms with Gasteiger partial charge >= 0.3 is 17.9 Å². The highest BCUT2D eigenvalue weighted by Crippen LogP contribution is 2.15. The molecule has 0 aromatic heterocycles. The molecule has 0 N–H and O–H groups in total. The van der Waals surface area contributed by atoms with E-state index in [0.717, 1.165) is 77.0 Å². The molecule has 0 bridgehead atoms. The summed E-state index contributed by atoms with van der Waals surface area (Å²) in [7, 11) is 0. The molecule has 0 aromatic rings. The van der Waals surface area contributed by atoms with Gasteiger partial charge in [0.2, 0.25) is 0 Å². The molecule has 0 radical (unpaired) electrons. The quantitative estimate of drug-likeness (QED) is 0.0262. The van der Waals surface area contributed by atoms with Crippen LogP contribution in [0, 0.1) is 0 Å². The minimum atomic E-state index is -0.804. The monoisotopic (exact) mass is 867 g/mol. The fourth-order valence-electron chi connectivity index (χ4n) is 7.33. The second kappa shape index (κ2) is 50.8. The molecule has 0 rings (SSSR count). The Labute approximate surface area is 383 Å². The Morgan fingerprint density at radius 3 is 1.08 bits per heavy atom. The number of carbonyl (C=O) groups is 3. The van der Waals surface area contributed by atoms with Crippen LogP contribution < -0.4 is 0 Å². The molecule has 0 heterocycles. The van der Waals surface area contributed by atoms with Gasteiger partial charge in [-0.2, -0.15) is 0 Å². The smallest absolute Gasteiger partial charge is 0.306 e. The van der Waals surface area contributed by atoms with Crippen molar-refractivity contribution in [2.24, 2.45) is 0 Å². The summed E-state index contributed by atoms with van der Waals surface area (Å²) < 4.78 is 16.7. The van der Waals surface area contributed by atoms with E-state index < -0.39 is 6.10 Å². The molecular formula is C56H98O6. The number of rotatable bonds is 47. The first kappa shape index (κ1) is 59.1. The van der Waals surface area contributed by atoms with Crippen LogP contribution in [0.15, 0.2) is 60.8 Å². The summed E-state index contributed by atoms with van der Waals surface area (Å²) in [6.07, 6.45) is 62.2. The summed E-state index contributed by atoms with van der Waals surface area (Å²) in [4.78, 5) is 37.9. The van der Waals surface area contributed by atoms with Gasteiger partial charge in [-0.25, -0.2) is 0 Å². The van der Waals surface area contributed by atoms with Crippen LogP contribution in [-0.2, 0) is 28.6 Å². The third kappa shape index (κ3) is 48.1. The molecule has 6 nitrogen and oxygen atoms in total. The third-order valence-electron chi connectivity index (χ3n) is 11.3. The first-order valence-electron chi connectivity index (χ1n) is 26.3. The lowest BCUT2D eigenvalue weighted by atomic mass is 10.0. The Kier molecular flexibility index (Phi) is 48.4. The predicted molar refractivity (Wildman–Crippen MR) is 265 cm³/mol. The van der Waals surface area contributed by atoms with E-state index in [4.69, 9.17) is 14.2 Å². The second-order valence-electron chi connectivity index (χ2n) is 17.4. The van der Waals surface area contributed by atoms with Crippen LogP contribution in [0.2, 0.25) is 0 Å². The van der Waals surface area contributed by atoms with Crippen LogP contribution in [-0.4, -0.2) is 37.2 Å². The van der Waals surface area contributed by atoms with E-state index in [0.29, 0.717) is 19.3 Å². The van der Waals surface area contributed by atoms with Crippen LogP contribution in [0.25, 0.3) is 0 Å². The van der Waals surface area contributed by atoms with Gasteiger partial charge in [-0.15, -0.1) is 0 Å². The number of carbonyl (C=O) groups excluding carboxylic acids is 3. The molecule has 1 unspecified atom stereocenters. The number of esters is 3. The fraction of sp³-hybridized carbons (Fsp3) is 0.768. The molecule has 0 aliphatic carbocycles.